The summed E-state index contributed by atoms with van der Waals surface area (Å²) in [6, 6.07) is -1.43. The summed E-state index contributed by atoms with van der Waals surface area (Å²) < 4.78 is 35.8. The minimum atomic E-state index is -1.88. The number of aliphatic hydroxyl groups is 3. The predicted molar refractivity (Wildman–Crippen MR) is 256 cm³/mol. The molecule has 3 fully saturated rings. The Morgan fingerprint density at radius 2 is 1.53 bits per heavy atom. The number of allylic oxidation sites excluding steroid dienone is 6. The molecule has 0 aromatic carbocycles. The zero-order valence-corrected chi connectivity index (χ0v) is 42.4. The van der Waals surface area contributed by atoms with E-state index in [2.05, 4.69) is 13.0 Å². The van der Waals surface area contributed by atoms with Gasteiger partial charge in [-0.3, -0.25) is 24.1 Å². The molecule has 2 bridgehead atoms. The summed E-state index contributed by atoms with van der Waals surface area (Å²) >= 11 is 0. The number of cyclic esters (lactones) is 1. The molecule has 12 unspecified atom stereocenters. The van der Waals surface area contributed by atoms with Crippen LogP contribution in [0.3, 0.4) is 0 Å². The highest BCUT2D eigenvalue weighted by Gasteiger charge is 2.48. The minimum Gasteiger partial charge on any atom is -0.460 e. The lowest BCUT2D eigenvalue weighted by Gasteiger charge is -2.42. The molecule has 0 aromatic rings. The molecular weight excluding hydrogens is 875 g/mol. The monoisotopic (exact) mass is 958 g/mol. The number of hydrogen-bond acceptors (Lipinski definition) is 14. The summed E-state index contributed by atoms with van der Waals surface area (Å²) in [6.07, 6.45) is 9.17. The van der Waals surface area contributed by atoms with Crippen molar-refractivity contribution in [1.82, 2.24) is 4.90 Å². The van der Waals surface area contributed by atoms with Crippen LogP contribution < -0.4 is 0 Å². The molecule has 0 radical (unpaired) electrons. The summed E-state index contributed by atoms with van der Waals surface area (Å²) in [5.74, 6) is -4.61. The van der Waals surface area contributed by atoms with Crippen molar-refractivity contribution in [1.29, 1.82) is 0 Å². The van der Waals surface area contributed by atoms with Crippen molar-refractivity contribution in [2.45, 2.75) is 187 Å². The molecule has 4 rings (SSSR count). The average Bonchev–Trinajstić information content (AvgIpc) is 3.31. The van der Waals surface area contributed by atoms with Crippen molar-refractivity contribution in [2.24, 2.45) is 35.5 Å². The molecule has 384 valence electrons. The number of ketones is 3. The summed E-state index contributed by atoms with van der Waals surface area (Å²) in [4.78, 5) is 71.7. The summed E-state index contributed by atoms with van der Waals surface area (Å²) in [7, 11) is 4.74. The molecule has 0 spiro atoms. The highest BCUT2D eigenvalue weighted by atomic mass is 16.6. The molecule has 15 nitrogen and oxygen atoms in total. The number of rotatable bonds is 9. The molecule has 3 heterocycles. The van der Waals surface area contributed by atoms with Crippen LogP contribution in [0, 0.1) is 35.5 Å². The van der Waals surface area contributed by atoms with Gasteiger partial charge in [0, 0.05) is 52.4 Å². The average molecular weight is 958 g/mol. The molecule has 4 aliphatic rings. The molecule has 3 aliphatic heterocycles. The van der Waals surface area contributed by atoms with Gasteiger partial charge in [0.25, 0.3) is 5.91 Å². The van der Waals surface area contributed by atoms with Crippen molar-refractivity contribution in [2.75, 3.05) is 34.5 Å². The second kappa shape index (κ2) is 27.8. The van der Waals surface area contributed by atoms with E-state index in [1.807, 2.05) is 65.0 Å². The van der Waals surface area contributed by atoms with E-state index in [4.69, 9.17) is 28.4 Å². The number of nitrogens with zero attached hydrogens (tertiary/aromatic N) is 1. The van der Waals surface area contributed by atoms with Crippen LogP contribution >= 0.6 is 0 Å². The first-order chi connectivity index (χ1) is 32.3. The fraction of sp³-hybridized carbons (Fsp3) is 0.755. The third-order valence-corrected chi connectivity index (χ3v) is 14.7. The number of ether oxygens (including phenoxy) is 6. The van der Waals surface area contributed by atoms with Gasteiger partial charge in [0.1, 0.15) is 30.1 Å². The predicted octanol–water partition coefficient (Wildman–Crippen LogP) is 6.20. The molecule has 0 aromatic heterocycles. The van der Waals surface area contributed by atoms with Gasteiger partial charge < -0.3 is 43.7 Å². The molecule has 1 aliphatic carbocycles. The van der Waals surface area contributed by atoms with Gasteiger partial charge in [-0.25, -0.2) is 4.79 Å². The van der Waals surface area contributed by atoms with Crippen molar-refractivity contribution < 1.29 is 67.7 Å². The second-order valence-corrected chi connectivity index (χ2v) is 20.2. The first-order valence-electron chi connectivity index (χ1n) is 25.0. The van der Waals surface area contributed by atoms with E-state index in [-0.39, 0.29) is 91.9 Å². The Morgan fingerprint density at radius 3 is 2.21 bits per heavy atom. The topological polar surface area (TPSA) is 205 Å². The Bertz CT molecular complexity index is 1790. The first kappa shape index (κ1) is 57.2. The van der Waals surface area contributed by atoms with Crippen LogP contribution in [0.15, 0.2) is 47.6 Å². The molecule has 1 saturated carbocycles. The van der Waals surface area contributed by atoms with E-state index in [1.165, 1.54) is 7.11 Å². The van der Waals surface area contributed by atoms with E-state index >= 15 is 0 Å². The molecular formula is C53H83NO14. The van der Waals surface area contributed by atoms with Gasteiger partial charge in [-0.15, -0.1) is 0 Å². The van der Waals surface area contributed by atoms with E-state index in [0.29, 0.717) is 51.4 Å². The number of aliphatic hydroxyl groups excluding tert-OH is 3. The maximum absolute atomic E-state index is 14.5. The van der Waals surface area contributed by atoms with Crippen LogP contribution in [0.5, 0.6) is 0 Å². The maximum Gasteiger partial charge on any atom is 0.329 e. The van der Waals surface area contributed by atoms with Crippen LogP contribution in [0.1, 0.15) is 126 Å². The van der Waals surface area contributed by atoms with Gasteiger partial charge in [0.2, 0.25) is 5.78 Å². The lowest BCUT2D eigenvalue weighted by Crippen LogP contribution is -2.62. The van der Waals surface area contributed by atoms with E-state index < -0.39 is 66.4 Å². The summed E-state index contributed by atoms with van der Waals surface area (Å²) in [6.45, 7) is 13.4. The number of methoxy groups -OCH3 is 3. The number of hydrogen-bond donors (Lipinski definition) is 3. The fourth-order valence-electron chi connectivity index (χ4n) is 10.5. The number of Topliss-reactive ketones (excluding diaryl/α,β-unsaturated/α-hetero) is 3. The minimum absolute atomic E-state index is 0.0223. The normalized spacial score (nSPS) is 36.7. The number of carbonyl (C=O) groups is 5. The van der Waals surface area contributed by atoms with E-state index in [9.17, 15) is 39.3 Å². The van der Waals surface area contributed by atoms with Gasteiger partial charge >= 0.3 is 5.97 Å². The highest BCUT2D eigenvalue weighted by molar-refractivity contribution is 6.38. The molecule has 2 saturated heterocycles. The van der Waals surface area contributed by atoms with Crippen LogP contribution in [0.2, 0.25) is 0 Å². The first-order valence-corrected chi connectivity index (χ1v) is 25.0. The highest BCUT2D eigenvalue weighted by Crippen LogP contribution is 2.36. The number of fused-ring (bicyclic) bond motifs is 3. The second-order valence-electron chi connectivity index (χ2n) is 20.2. The zero-order chi connectivity index (χ0) is 50.2. The Balaban J connectivity index is 1.69. The lowest BCUT2D eigenvalue weighted by atomic mass is 9.78. The Labute approximate surface area is 405 Å². The number of carbonyl (C=O) groups excluding carboxylic acids is 5. The van der Waals surface area contributed by atoms with Crippen molar-refractivity contribution in [3.8, 4) is 0 Å². The third kappa shape index (κ3) is 16.1. The SMILES string of the molecule is COC1CC(C)=CC(C)C(=O)CC([C@H](C)C[C@@H]2CC[C@@H](OCCO)[C@H](OC)C2)OC(=O)C2CCC(O)C(O)N2C(=O)C(=O)C2OC(CCC2C)CC(OC)C(C)=CC=CC=CC(C)CC(C)C1=O. The van der Waals surface area contributed by atoms with Gasteiger partial charge in [-0.1, -0.05) is 76.6 Å². The van der Waals surface area contributed by atoms with E-state index in [1.54, 1.807) is 21.1 Å². The van der Waals surface area contributed by atoms with Gasteiger partial charge in [-0.2, -0.15) is 0 Å². The number of esters is 1. The van der Waals surface area contributed by atoms with Crippen molar-refractivity contribution in [3.05, 3.63) is 47.6 Å². The van der Waals surface area contributed by atoms with Crippen LogP contribution in [0.25, 0.3) is 0 Å². The fourth-order valence-corrected chi connectivity index (χ4v) is 10.5. The van der Waals surface area contributed by atoms with E-state index in [0.717, 1.165) is 22.5 Å². The maximum atomic E-state index is 14.5. The summed E-state index contributed by atoms with van der Waals surface area (Å²) in [5.41, 5.74) is 1.72. The Morgan fingerprint density at radius 1 is 0.809 bits per heavy atom. The smallest absolute Gasteiger partial charge is 0.329 e. The van der Waals surface area contributed by atoms with Crippen LogP contribution in [0.4, 0.5) is 0 Å². The third-order valence-electron chi connectivity index (χ3n) is 14.7. The molecule has 68 heavy (non-hydrogen) atoms. The zero-order valence-electron chi connectivity index (χ0n) is 42.4. The van der Waals surface area contributed by atoms with Gasteiger partial charge in [-0.05, 0) is 101 Å². The summed E-state index contributed by atoms with van der Waals surface area (Å²) in [5, 5.41) is 31.5. The lowest BCUT2D eigenvalue weighted by molar-refractivity contribution is -0.189. The number of amides is 1. The van der Waals surface area contributed by atoms with Crippen molar-refractivity contribution in [3.63, 3.8) is 0 Å². The number of piperidine rings is 1. The Hall–Kier alpha value is -3.41. The standard InChI is InChI=1S/C53H83NO14/c1-31-14-12-11-13-15-33(3)44(63-8)29-39-18-16-34(4)50(67-39)49(59)52(61)54-40(19-20-41(56)51(54)60)53(62)68-45(36(6)27-38-17-21-43(66-23-22-55)46(28-38)64-9)30-42(57)35(5)25-32(2)26-47(65-10)48(58)37(7)24-31/h11-15,25,31,34-41,43-47,50-51,55-56,60H,16-24,26-30H2,1-10H3/t31?,34?,35?,36-,37?,38+,39?,40?,41?,43-,44?,45?,46-,47?,50?,51?/m1/s1. The largest absolute Gasteiger partial charge is 0.460 e. The van der Waals surface area contributed by atoms with Crippen molar-refractivity contribution >= 4 is 29.2 Å². The Kier molecular flexibility index (Phi) is 23.4. The quantitative estimate of drug-likeness (QED) is 0.134. The van der Waals surface area contributed by atoms with Gasteiger partial charge in [0.05, 0.1) is 43.7 Å². The van der Waals surface area contributed by atoms with Crippen LogP contribution in [-0.2, 0) is 52.4 Å². The molecule has 16 atom stereocenters. The molecule has 1 amide bonds. The van der Waals surface area contributed by atoms with Crippen LogP contribution in [-0.4, -0.2) is 145 Å². The molecule has 15 heteroatoms. The molecule has 3 N–H and O–H groups in total. The van der Waals surface area contributed by atoms with Gasteiger partial charge in [0.15, 0.2) is 12.0 Å².